The third-order valence-electron chi connectivity index (χ3n) is 4.54. The lowest BCUT2D eigenvalue weighted by atomic mass is 10.1. The maximum Gasteiger partial charge on any atom is 0.375 e. The molecule has 3 aromatic rings. The number of benzene rings is 2. The average Bonchev–Trinajstić information content (AvgIpc) is 3.07. The van der Waals surface area contributed by atoms with Crippen LogP contribution in [0.4, 0.5) is 10.1 Å². The third kappa shape index (κ3) is 4.83. The molecule has 1 aromatic heterocycles. The van der Waals surface area contributed by atoms with Crippen LogP contribution in [0.15, 0.2) is 46.9 Å². The molecule has 7 nitrogen and oxygen atoms in total. The summed E-state index contributed by atoms with van der Waals surface area (Å²) in [6, 6.07) is 11.3. The molecule has 0 bridgehead atoms. The summed E-state index contributed by atoms with van der Waals surface area (Å²) in [6.07, 6.45) is 0.757. The van der Waals surface area contributed by atoms with Crippen molar-refractivity contribution in [3.63, 3.8) is 0 Å². The van der Waals surface area contributed by atoms with Crippen LogP contribution in [0.1, 0.15) is 28.6 Å². The van der Waals surface area contributed by atoms with Crippen LogP contribution < -0.4 is 10.6 Å². The second kappa shape index (κ2) is 9.21. The molecule has 30 heavy (non-hydrogen) atoms. The molecule has 8 heteroatoms. The van der Waals surface area contributed by atoms with Gasteiger partial charge in [0.15, 0.2) is 6.61 Å². The molecule has 0 aliphatic rings. The van der Waals surface area contributed by atoms with E-state index < -0.39 is 30.2 Å². The summed E-state index contributed by atoms with van der Waals surface area (Å²) in [6.45, 7) is 2.72. The topological polar surface area (TPSA) is 97.6 Å². The predicted octanol–water partition coefficient (Wildman–Crippen LogP) is 3.35. The number of ether oxygens (including phenoxy) is 1. The van der Waals surface area contributed by atoms with Gasteiger partial charge in [-0.1, -0.05) is 25.1 Å². The van der Waals surface area contributed by atoms with E-state index in [1.807, 2.05) is 19.1 Å². The van der Waals surface area contributed by atoms with Gasteiger partial charge in [-0.3, -0.25) is 9.59 Å². The van der Waals surface area contributed by atoms with Crippen molar-refractivity contribution in [3.8, 4) is 0 Å². The monoisotopic (exact) mass is 412 g/mol. The molecular weight excluding hydrogens is 391 g/mol. The molecule has 156 valence electrons. The number of halogens is 1. The lowest BCUT2D eigenvalue weighted by Gasteiger charge is -2.10. The maximum absolute atomic E-state index is 13.4. The summed E-state index contributed by atoms with van der Waals surface area (Å²) in [7, 11) is 0. The van der Waals surface area contributed by atoms with Crippen LogP contribution in [0.25, 0.3) is 11.0 Å². The molecule has 2 amide bonds. The second-order valence-electron chi connectivity index (χ2n) is 6.61. The van der Waals surface area contributed by atoms with E-state index in [1.165, 1.54) is 18.2 Å². The molecule has 0 radical (unpaired) electrons. The zero-order chi connectivity index (χ0) is 21.7. The molecule has 2 aromatic carbocycles. The Balaban J connectivity index is 1.50. The normalized spacial score (nSPS) is 10.6. The van der Waals surface area contributed by atoms with Crippen molar-refractivity contribution in [1.29, 1.82) is 0 Å². The smallest absolute Gasteiger partial charge is 0.375 e. The number of esters is 1. The van der Waals surface area contributed by atoms with Gasteiger partial charge in [0.1, 0.15) is 11.4 Å². The highest BCUT2D eigenvalue weighted by Gasteiger charge is 2.20. The summed E-state index contributed by atoms with van der Waals surface area (Å²) in [4.78, 5) is 36.2. The van der Waals surface area contributed by atoms with Gasteiger partial charge in [0, 0.05) is 16.6 Å². The van der Waals surface area contributed by atoms with Crippen LogP contribution in [0.2, 0.25) is 0 Å². The van der Waals surface area contributed by atoms with E-state index in [4.69, 9.17) is 9.15 Å². The Hall–Kier alpha value is -3.68. The van der Waals surface area contributed by atoms with Crippen molar-refractivity contribution >= 4 is 34.4 Å². The highest BCUT2D eigenvalue weighted by Crippen LogP contribution is 2.26. The molecule has 0 fully saturated rings. The van der Waals surface area contributed by atoms with Crippen LogP contribution in [0.5, 0.6) is 0 Å². The largest absolute Gasteiger partial charge is 0.450 e. The number of rotatable bonds is 7. The Morgan fingerprint density at radius 1 is 1.10 bits per heavy atom. The van der Waals surface area contributed by atoms with Crippen molar-refractivity contribution in [2.24, 2.45) is 0 Å². The number of anilines is 1. The number of carbonyl (C=O) groups is 3. The fourth-order valence-electron chi connectivity index (χ4n) is 2.96. The molecule has 1 heterocycles. The number of aryl methyl sites for hydroxylation is 2. The number of furan rings is 1. The SMILES string of the molecule is CCc1ccccc1NC(=O)CNC(=O)COC(=O)c1oc2ccc(F)cc2c1C. The number of hydrogen-bond acceptors (Lipinski definition) is 5. The Labute approximate surface area is 172 Å². The molecule has 0 aliphatic carbocycles. The summed E-state index contributed by atoms with van der Waals surface area (Å²) >= 11 is 0. The maximum atomic E-state index is 13.4. The highest BCUT2D eigenvalue weighted by molar-refractivity contribution is 5.98. The van der Waals surface area contributed by atoms with Crippen molar-refractivity contribution < 1.29 is 27.9 Å². The molecule has 0 spiro atoms. The van der Waals surface area contributed by atoms with Crippen LogP contribution in [0.3, 0.4) is 0 Å². The Bertz CT molecular complexity index is 1110. The number of fused-ring (bicyclic) bond motifs is 1. The van der Waals surface area contributed by atoms with Crippen molar-refractivity contribution in [2.75, 3.05) is 18.5 Å². The van der Waals surface area contributed by atoms with Crippen LogP contribution in [-0.2, 0) is 20.7 Å². The number of carbonyl (C=O) groups excluding carboxylic acids is 3. The van der Waals surface area contributed by atoms with E-state index >= 15 is 0 Å². The zero-order valence-corrected chi connectivity index (χ0v) is 16.6. The number of nitrogens with one attached hydrogen (secondary N) is 2. The molecule has 0 atom stereocenters. The average molecular weight is 412 g/mol. The van der Waals surface area contributed by atoms with Crippen molar-refractivity contribution in [1.82, 2.24) is 5.32 Å². The number of hydrogen-bond donors (Lipinski definition) is 2. The first-order valence-corrected chi connectivity index (χ1v) is 9.39. The summed E-state index contributed by atoms with van der Waals surface area (Å²) < 4.78 is 23.7. The first-order chi connectivity index (χ1) is 14.4. The second-order valence-corrected chi connectivity index (χ2v) is 6.61. The van der Waals surface area contributed by atoms with E-state index in [2.05, 4.69) is 10.6 Å². The minimum atomic E-state index is -0.847. The van der Waals surface area contributed by atoms with E-state index in [-0.39, 0.29) is 12.3 Å². The minimum absolute atomic E-state index is 0.0997. The zero-order valence-electron chi connectivity index (χ0n) is 16.6. The number of para-hydroxylation sites is 1. The highest BCUT2D eigenvalue weighted by atomic mass is 19.1. The van der Waals surface area contributed by atoms with Gasteiger partial charge in [0.05, 0.1) is 6.54 Å². The quantitative estimate of drug-likeness (QED) is 0.580. The molecule has 0 saturated heterocycles. The fraction of sp³-hybridized carbons (Fsp3) is 0.227. The Kier molecular flexibility index (Phi) is 6.46. The van der Waals surface area contributed by atoms with Gasteiger partial charge in [-0.25, -0.2) is 9.18 Å². The lowest BCUT2D eigenvalue weighted by molar-refractivity contribution is -0.126. The minimum Gasteiger partial charge on any atom is -0.450 e. The third-order valence-corrected chi connectivity index (χ3v) is 4.54. The number of amides is 2. The van der Waals surface area contributed by atoms with E-state index in [0.29, 0.717) is 22.2 Å². The Morgan fingerprint density at radius 2 is 1.87 bits per heavy atom. The molecule has 0 unspecified atom stereocenters. The van der Waals surface area contributed by atoms with Crippen molar-refractivity contribution in [3.05, 3.63) is 65.2 Å². The first kappa shape index (κ1) is 21.0. The van der Waals surface area contributed by atoms with Gasteiger partial charge in [-0.2, -0.15) is 0 Å². The van der Waals surface area contributed by atoms with Crippen molar-refractivity contribution in [2.45, 2.75) is 20.3 Å². The van der Waals surface area contributed by atoms with Gasteiger partial charge in [0.2, 0.25) is 11.7 Å². The molecule has 0 aliphatic heterocycles. The van der Waals surface area contributed by atoms with E-state index in [1.54, 1.807) is 19.1 Å². The van der Waals surface area contributed by atoms with Gasteiger partial charge in [-0.05, 0) is 43.2 Å². The van der Waals surface area contributed by atoms with Crippen LogP contribution in [-0.4, -0.2) is 30.9 Å². The molecule has 3 rings (SSSR count). The first-order valence-electron chi connectivity index (χ1n) is 9.39. The van der Waals surface area contributed by atoms with Gasteiger partial charge in [-0.15, -0.1) is 0 Å². The van der Waals surface area contributed by atoms with Crippen LogP contribution in [0, 0.1) is 12.7 Å². The van der Waals surface area contributed by atoms with Crippen LogP contribution >= 0.6 is 0 Å². The van der Waals surface area contributed by atoms with E-state index in [9.17, 15) is 18.8 Å². The standard InChI is InChI=1S/C22H21FN2O5/c1-3-14-6-4-5-7-17(14)25-19(26)11-24-20(27)12-29-22(28)21-13(2)16-10-15(23)8-9-18(16)30-21/h4-10H,3,11-12H2,1-2H3,(H,24,27)(H,25,26). The molecule has 0 saturated carbocycles. The predicted molar refractivity (Wildman–Crippen MR) is 109 cm³/mol. The Morgan fingerprint density at radius 3 is 2.63 bits per heavy atom. The fourth-order valence-corrected chi connectivity index (χ4v) is 2.96. The lowest BCUT2D eigenvalue weighted by Crippen LogP contribution is -2.35. The summed E-state index contributed by atoms with van der Waals surface area (Å²) in [5, 5.41) is 5.57. The van der Waals surface area contributed by atoms with E-state index in [0.717, 1.165) is 12.0 Å². The molecule has 2 N–H and O–H groups in total. The summed E-state index contributed by atoms with van der Waals surface area (Å²) in [5.74, 6) is -2.43. The summed E-state index contributed by atoms with van der Waals surface area (Å²) in [5.41, 5.74) is 2.42. The van der Waals surface area contributed by atoms with Gasteiger partial charge < -0.3 is 19.8 Å². The molecular formula is C22H21FN2O5. The van der Waals surface area contributed by atoms with Gasteiger partial charge in [0.25, 0.3) is 5.91 Å². The van der Waals surface area contributed by atoms with Gasteiger partial charge >= 0.3 is 5.97 Å².